The maximum Gasteiger partial charge on any atom is 0.206 e. The molecule has 1 aromatic heterocycles. The van der Waals surface area contributed by atoms with Crippen LogP contribution in [0.15, 0.2) is 48.5 Å². The molecule has 0 radical (unpaired) electrons. The van der Waals surface area contributed by atoms with Crippen molar-refractivity contribution < 1.29 is 0 Å². The summed E-state index contributed by atoms with van der Waals surface area (Å²) in [5.41, 5.74) is 17.4. The summed E-state index contributed by atoms with van der Waals surface area (Å²) in [7, 11) is 0. The van der Waals surface area contributed by atoms with E-state index in [1.165, 1.54) is 11.1 Å². The fourth-order valence-electron chi connectivity index (χ4n) is 3.49. The quantitative estimate of drug-likeness (QED) is 0.487. The molecule has 0 saturated heterocycles. The lowest BCUT2D eigenvalue weighted by atomic mass is 9.95. The van der Waals surface area contributed by atoms with Gasteiger partial charge in [-0.1, -0.05) is 55.5 Å². The number of nitrogens with zero attached hydrogens (tertiary/aromatic N) is 2. The maximum absolute atomic E-state index is 5.97. The van der Waals surface area contributed by atoms with Crippen LogP contribution in [0.1, 0.15) is 31.0 Å². The first-order chi connectivity index (χ1) is 13.6. The van der Waals surface area contributed by atoms with Crippen molar-refractivity contribution in [3.8, 4) is 10.6 Å². The van der Waals surface area contributed by atoms with Gasteiger partial charge >= 0.3 is 0 Å². The number of nitrogens with one attached hydrogen (secondary N) is 3. The molecule has 1 unspecified atom stereocenters. The summed E-state index contributed by atoms with van der Waals surface area (Å²) in [4.78, 5) is 0. The van der Waals surface area contributed by atoms with Crippen LogP contribution >= 0.6 is 11.3 Å². The summed E-state index contributed by atoms with van der Waals surface area (Å²) in [5, 5.41) is 13.9. The Morgan fingerprint density at radius 2 is 1.96 bits per heavy atom. The summed E-state index contributed by atoms with van der Waals surface area (Å²) < 4.78 is 0. The Balaban J connectivity index is 1.49. The van der Waals surface area contributed by atoms with Crippen molar-refractivity contribution in [2.24, 2.45) is 11.7 Å². The SMILES string of the molecule is CC(C)C1NNc2ccc(-c3nnc(N[C@@H](CN)Cc4ccccc4)s3)cc21. The predicted octanol–water partition coefficient (Wildman–Crippen LogP) is 3.81. The predicted molar refractivity (Wildman–Crippen MR) is 116 cm³/mol. The third kappa shape index (κ3) is 4.01. The topological polar surface area (TPSA) is 87.9 Å². The lowest BCUT2D eigenvalue weighted by Gasteiger charge is -2.15. The Labute approximate surface area is 169 Å². The molecular weight excluding hydrogens is 368 g/mol. The smallest absolute Gasteiger partial charge is 0.206 e. The Hall–Kier alpha value is -2.48. The van der Waals surface area contributed by atoms with Crippen LogP contribution in [0.3, 0.4) is 0 Å². The van der Waals surface area contributed by atoms with Crippen LogP contribution in [0.4, 0.5) is 10.8 Å². The molecule has 146 valence electrons. The summed E-state index contributed by atoms with van der Waals surface area (Å²) in [5.74, 6) is 0.499. The van der Waals surface area contributed by atoms with Crippen LogP contribution in [0.2, 0.25) is 0 Å². The van der Waals surface area contributed by atoms with E-state index in [2.05, 4.69) is 70.5 Å². The van der Waals surface area contributed by atoms with Crippen LogP contribution in [-0.2, 0) is 6.42 Å². The van der Waals surface area contributed by atoms with Gasteiger partial charge in [-0.2, -0.15) is 0 Å². The highest BCUT2D eigenvalue weighted by Gasteiger charge is 2.25. The minimum Gasteiger partial charge on any atom is -0.356 e. The molecule has 1 aliphatic rings. The minimum atomic E-state index is 0.127. The second-order valence-corrected chi connectivity index (χ2v) is 8.45. The van der Waals surface area contributed by atoms with E-state index in [4.69, 9.17) is 5.73 Å². The van der Waals surface area contributed by atoms with Gasteiger partial charge in [0, 0.05) is 18.2 Å². The first kappa shape index (κ1) is 18.9. The molecule has 0 spiro atoms. The Morgan fingerprint density at radius 1 is 1.14 bits per heavy atom. The van der Waals surface area contributed by atoms with Crippen LogP contribution in [0.5, 0.6) is 0 Å². The first-order valence-electron chi connectivity index (χ1n) is 9.64. The molecule has 7 heteroatoms. The number of hydrazine groups is 1. The van der Waals surface area contributed by atoms with Crippen molar-refractivity contribution in [1.82, 2.24) is 15.6 Å². The first-order valence-corrected chi connectivity index (χ1v) is 10.5. The number of fused-ring (bicyclic) bond motifs is 1. The molecule has 2 aromatic carbocycles. The molecule has 3 aromatic rings. The normalized spacial score (nSPS) is 16.6. The lowest BCUT2D eigenvalue weighted by Crippen LogP contribution is -2.30. The van der Waals surface area contributed by atoms with Gasteiger partial charge in [0.25, 0.3) is 0 Å². The molecule has 0 fully saturated rings. The van der Waals surface area contributed by atoms with Crippen LogP contribution in [-0.4, -0.2) is 22.8 Å². The van der Waals surface area contributed by atoms with Crippen molar-refractivity contribution in [2.75, 3.05) is 17.3 Å². The summed E-state index contributed by atoms with van der Waals surface area (Å²) >= 11 is 1.57. The van der Waals surface area contributed by atoms with Crippen LogP contribution in [0, 0.1) is 5.92 Å². The number of nitrogens with two attached hydrogens (primary N) is 1. The zero-order valence-electron chi connectivity index (χ0n) is 16.1. The zero-order valence-corrected chi connectivity index (χ0v) is 17.0. The largest absolute Gasteiger partial charge is 0.356 e. The van der Waals surface area contributed by atoms with E-state index in [0.717, 1.165) is 27.8 Å². The van der Waals surface area contributed by atoms with E-state index in [1.54, 1.807) is 11.3 Å². The fraction of sp³-hybridized carbons (Fsp3) is 0.333. The monoisotopic (exact) mass is 394 g/mol. The number of anilines is 2. The third-order valence-corrected chi connectivity index (χ3v) is 5.93. The number of hydrogen-bond acceptors (Lipinski definition) is 7. The van der Waals surface area contributed by atoms with Gasteiger partial charge < -0.3 is 16.5 Å². The molecule has 0 aliphatic carbocycles. The summed E-state index contributed by atoms with van der Waals surface area (Å²) in [6, 6.07) is 17.2. The molecule has 28 heavy (non-hydrogen) atoms. The lowest BCUT2D eigenvalue weighted by molar-refractivity contribution is 0.461. The standard InChI is InChI=1S/C21H26N6S/c1-13(2)19-17-11-15(8-9-18(17)24-25-19)20-26-27-21(28-20)23-16(12-22)10-14-6-4-3-5-7-14/h3-9,11,13,16,19,24-25H,10,12,22H2,1-2H3,(H,23,27)/t16-,19?/m1/s1. The number of benzene rings is 2. The van der Waals surface area contributed by atoms with E-state index < -0.39 is 0 Å². The number of aromatic nitrogens is 2. The average Bonchev–Trinajstić information content (AvgIpc) is 3.34. The van der Waals surface area contributed by atoms with Crippen molar-refractivity contribution in [3.63, 3.8) is 0 Å². The fourth-order valence-corrected chi connectivity index (χ4v) is 4.31. The van der Waals surface area contributed by atoms with Crippen molar-refractivity contribution in [2.45, 2.75) is 32.4 Å². The van der Waals surface area contributed by atoms with Gasteiger partial charge in [0.2, 0.25) is 5.13 Å². The molecule has 6 nitrogen and oxygen atoms in total. The Morgan fingerprint density at radius 3 is 2.71 bits per heavy atom. The van der Waals surface area contributed by atoms with Gasteiger partial charge in [-0.05, 0) is 41.7 Å². The third-order valence-electron chi connectivity index (χ3n) is 5.02. The van der Waals surface area contributed by atoms with Gasteiger partial charge in [0.15, 0.2) is 0 Å². The van der Waals surface area contributed by atoms with E-state index in [1.807, 2.05) is 18.2 Å². The van der Waals surface area contributed by atoms with Gasteiger partial charge in [-0.3, -0.25) is 0 Å². The molecule has 0 bridgehead atoms. The van der Waals surface area contributed by atoms with E-state index in [0.29, 0.717) is 18.5 Å². The van der Waals surface area contributed by atoms with Crippen molar-refractivity contribution in [3.05, 3.63) is 59.7 Å². The molecule has 5 N–H and O–H groups in total. The van der Waals surface area contributed by atoms with E-state index in [9.17, 15) is 0 Å². The Bertz CT molecular complexity index is 924. The zero-order chi connectivity index (χ0) is 19.5. The molecule has 2 heterocycles. The van der Waals surface area contributed by atoms with Crippen LogP contribution < -0.4 is 21.9 Å². The summed E-state index contributed by atoms with van der Waals surface area (Å²) in [6.45, 7) is 4.97. The summed E-state index contributed by atoms with van der Waals surface area (Å²) in [6.07, 6.45) is 0.860. The highest BCUT2D eigenvalue weighted by atomic mass is 32.1. The average molecular weight is 395 g/mol. The molecule has 2 atom stereocenters. The van der Waals surface area contributed by atoms with Crippen LogP contribution in [0.25, 0.3) is 10.6 Å². The van der Waals surface area contributed by atoms with Gasteiger partial charge in [0.1, 0.15) is 5.01 Å². The molecule has 4 rings (SSSR count). The van der Waals surface area contributed by atoms with Gasteiger partial charge in [0.05, 0.1) is 11.7 Å². The molecular formula is C21H26N6S. The molecule has 0 saturated carbocycles. The van der Waals surface area contributed by atoms with Crippen molar-refractivity contribution >= 4 is 22.2 Å². The Kier molecular flexibility index (Phi) is 5.57. The second kappa shape index (κ2) is 8.26. The maximum atomic E-state index is 5.97. The highest BCUT2D eigenvalue weighted by Crippen LogP contribution is 2.37. The van der Waals surface area contributed by atoms with Crippen molar-refractivity contribution in [1.29, 1.82) is 0 Å². The molecule has 1 aliphatic heterocycles. The number of hydrogen-bond donors (Lipinski definition) is 4. The van der Waals surface area contributed by atoms with E-state index in [-0.39, 0.29) is 6.04 Å². The molecule has 0 amide bonds. The second-order valence-electron chi connectivity index (χ2n) is 7.47. The minimum absolute atomic E-state index is 0.127. The van der Waals surface area contributed by atoms with Gasteiger partial charge in [-0.15, -0.1) is 10.2 Å². The van der Waals surface area contributed by atoms with Gasteiger partial charge in [-0.25, -0.2) is 5.43 Å². The highest BCUT2D eigenvalue weighted by molar-refractivity contribution is 7.18. The van der Waals surface area contributed by atoms with E-state index >= 15 is 0 Å². The number of rotatable bonds is 7.